The van der Waals surface area contributed by atoms with Gasteiger partial charge in [-0.15, -0.1) is 0 Å². The monoisotopic (exact) mass is 1070 g/mol. The second-order valence-electron chi connectivity index (χ2n) is 20.2. The van der Waals surface area contributed by atoms with Gasteiger partial charge in [-0.1, -0.05) is 43.7 Å². The highest BCUT2D eigenvalue weighted by Gasteiger charge is 2.54. The summed E-state index contributed by atoms with van der Waals surface area (Å²) < 4.78 is 28.4. The van der Waals surface area contributed by atoms with Gasteiger partial charge in [-0.3, -0.25) is 48.1 Å². The number of hydrogen-bond donors (Lipinski definition) is 6. The molecule has 9 rings (SSSR count). The van der Waals surface area contributed by atoms with Gasteiger partial charge < -0.3 is 50.6 Å². The first-order valence-corrected chi connectivity index (χ1v) is 26.0. The lowest BCUT2D eigenvalue weighted by Crippen LogP contribution is -2.52. The molecule has 8 amide bonds. The summed E-state index contributed by atoms with van der Waals surface area (Å²) >= 11 is 0. The van der Waals surface area contributed by atoms with Gasteiger partial charge in [-0.25, -0.2) is 14.2 Å². The molecule has 0 spiro atoms. The first-order chi connectivity index (χ1) is 37.3. The number of amides is 8. The van der Waals surface area contributed by atoms with E-state index in [0.29, 0.717) is 89.5 Å². The van der Waals surface area contributed by atoms with Crippen molar-refractivity contribution in [3.8, 4) is 11.4 Å². The van der Waals surface area contributed by atoms with Crippen molar-refractivity contribution < 1.29 is 62.1 Å². The standard InChI is InChI=1S/C55H60FN9O13/c1-4-55(76)35-22-40-49-33(27-65(40)51(73)34(35)28-77-53(55)75)48-39(15-14-32-30(2)36(56)23-37(62-49)47(32)48)63(3)52(74)54(18-19-54)78-29-60-43(68)25-59-50(72)38(21-31-11-7-5-8-12-31)61-44(69)26-58-42(67)24-57-41(66)13-9-6-10-20-64-45(70)16-17-46(64)71/h5,7-8,11-12,16-17,22-23,38-39,76H,4,6,9-10,13-15,18-21,24-29H2,1-3H3,(H,57,66)(H,58,67)(H,59,72)(H,60,68)(H,61,69)/t38-,39-,55-/m0/s1. The summed E-state index contributed by atoms with van der Waals surface area (Å²) in [7, 11) is 1.65. The van der Waals surface area contributed by atoms with Crippen LogP contribution >= 0.6 is 0 Å². The third-order valence-corrected chi connectivity index (χ3v) is 15.3. The SMILES string of the molecule is CC[C@@]1(O)C(=O)OCc2c1cc1n(c2=O)Cc2c-1nc1cc(F)c(C)c3c1c2[C@@H](N(C)C(=O)C1(OCNC(=O)CNC(=O)[C@H](Cc2ccccc2)NC(=O)CNC(=O)CNC(=O)CCCCCN2C(=O)C=CC2=O)CC1)CC3. The van der Waals surface area contributed by atoms with Crippen LogP contribution in [0.25, 0.3) is 22.3 Å². The maximum atomic E-state index is 15.6. The van der Waals surface area contributed by atoms with Crippen LogP contribution in [0.2, 0.25) is 0 Å². The van der Waals surface area contributed by atoms with Gasteiger partial charge in [0, 0.05) is 61.2 Å². The van der Waals surface area contributed by atoms with Gasteiger partial charge in [0.25, 0.3) is 23.3 Å². The van der Waals surface area contributed by atoms with E-state index >= 15 is 4.39 Å². The van der Waals surface area contributed by atoms with Crippen molar-refractivity contribution >= 4 is 64.1 Å². The van der Waals surface area contributed by atoms with Crippen LogP contribution < -0.4 is 32.1 Å². The summed E-state index contributed by atoms with van der Waals surface area (Å²) in [6, 6.07) is 9.98. The molecule has 1 saturated carbocycles. The highest BCUT2D eigenvalue weighted by Crippen LogP contribution is 2.49. The van der Waals surface area contributed by atoms with E-state index in [9.17, 15) is 53.1 Å². The van der Waals surface area contributed by atoms with Crippen molar-refractivity contribution in [2.75, 3.05) is 40.0 Å². The number of benzene rings is 2. The minimum absolute atomic E-state index is 0.0396. The number of carbonyl (C=O) groups excluding carboxylic acids is 9. The average molecular weight is 1070 g/mol. The third kappa shape index (κ3) is 10.9. The number of ether oxygens (including phenoxy) is 2. The predicted molar refractivity (Wildman–Crippen MR) is 275 cm³/mol. The molecule has 3 atom stereocenters. The number of carbonyl (C=O) groups is 9. The molecule has 0 unspecified atom stereocenters. The highest BCUT2D eigenvalue weighted by molar-refractivity contribution is 6.12. The Morgan fingerprint density at radius 3 is 2.29 bits per heavy atom. The number of cyclic esters (lactones) is 1. The topological polar surface area (TPSA) is 294 Å². The van der Waals surface area contributed by atoms with Crippen LogP contribution in [0.5, 0.6) is 0 Å². The van der Waals surface area contributed by atoms with E-state index in [2.05, 4.69) is 26.6 Å². The number of aryl methyl sites for hydroxylation is 1. The van der Waals surface area contributed by atoms with Crippen molar-refractivity contribution in [1.82, 2.24) is 45.9 Å². The molecule has 0 bridgehead atoms. The van der Waals surface area contributed by atoms with Gasteiger partial charge >= 0.3 is 5.97 Å². The zero-order chi connectivity index (χ0) is 55.6. The zero-order valence-corrected chi connectivity index (χ0v) is 43.4. The summed E-state index contributed by atoms with van der Waals surface area (Å²) in [5.41, 5.74) is 0.757. The van der Waals surface area contributed by atoms with E-state index in [-0.39, 0.29) is 74.5 Å². The Morgan fingerprint density at radius 2 is 1.58 bits per heavy atom. The van der Waals surface area contributed by atoms with Crippen LogP contribution in [0.4, 0.5) is 4.39 Å². The number of rotatable bonds is 22. The highest BCUT2D eigenvalue weighted by atomic mass is 19.1. The van der Waals surface area contributed by atoms with Crippen LogP contribution in [-0.4, -0.2) is 129 Å². The minimum Gasteiger partial charge on any atom is -0.458 e. The minimum atomic E-state index is -2.06. The summed E-state index contributed by atoms with van der Waals surface area (Å²) in [4.78, 5) is 137. The number of aliphatic hydroxyl groups is 1. The molecule has 5 aliphatic rings. The Balaban J connectivity index is 0.781. The molecular weight excluding hydrogens is 1010 g/mol. The molecule has 3 aliphatic heterocycles. The Bertz CT molecular complexity index is 3250. The van der Waals surface area contributed by atoms with E-state index < -0.39 is 89.8 Å². The Hall–Kier alpha value is -8.18. The largest absolute Gasteiger partial charge is 0.458 e. The van der Waals surface area contributed by atoms with Gasteiger partial charge in [0.05, 0.1) is 54.7 Å². The molecule has 4 aromatic rings. The number of esters is 1. The van der Waals surface area contributed by atoms with Crippen molar-refractivity contribution in [2.45, 2.75) is 114 Å². The van der Waals surface area contributed by atoms with E-state index in [0.717, 1.165) is 10.5 Å². The number of nitrogens with one attached hydrogen (secondary N) is 5. The van der Waals surface area contributed by atoms with Gasteiger partial charge in [0.1, 0.15) is 30.8 Å². The molecule has 22 nitrogen and oxygen atoms in total. The molecule has 2 aromatic heterocycles. The molecule has 0 saturated heterocycles. The molecule has 78 heavy (non-hydrogen) atoms. The molecule has 2 aliphatic carbocycles. The van der Waals surface area contributed by atoms with Gasteiger partial charge in [-0.05, 0) is 80.2 Å². The second-order valence-corrected chi connectivity index (χ2v) is 20.2. The van der Waals surface area contributed by atoms with Crippen molar-refractivity contribution in [3.05, 3.63) is 110 Å². The van der Waals surface area contributed by atoms with E-state index in [1.807, 2.05) is 0 Å². The lowest BCUT2D eigenvalue weighted by Gasteiger charge is -2.36. The molecular formula is C55H60FN9O13. The number of imide groups is 1. The predicted octanol–water partition coefficient (Wildman–Crippen LogP) is 1.16. The number of hydrogen-bond acceptors (Lipinski definition) is 14. The number of unbranched alkanes of at least 4 members (excludes halogenated alkanes) is 2. The lowest BCUT2D eigenvalue weighted by molar-refractivity contribution is -0.172. The fourth-order valence-corrected chi connectivity index (χ4v) is 10.7. The molecule has 5 heterocycles. The van der Waals surface area contributed by atoms with Gasteiger partial charge in [0.15, 0.2) is 5.60 Å². The number of nitrogens with zero attached hydrogens (tertiary/aromatic N) is 4. The Morgan fingerprint density at radius 1 is 0.885 bits per heavy atom. The smallest absolute Gasteiger partial charge is 0.343 e. The normalized spacial score (nSPS) is 18.6. The molecule has 2 aromatic carbocycles. The van der Waals surface area contributed by atoms with E-state index in [1.54, 1.807) is 62.2 Å². The zero-order valence-electron chi connectivity index (χ0n) is 43.4. The van der Waals surface area contributed by atoms with Crippen molar-refractivity contribution in [3.63, 3.8) is 0 Å². The van der Waals surface area contributed by atoms with Crippen LogP contribution in [0.15, 0.2) is 59.4 Å². The molecule has 6 N–H and O–H groups in total. The van der Waals surface area contributed by atoms with Crippen LogP contribution in [0.1, 0.15) is 103 Å². The number of halogens is 1. The molecule has 23 heteroatoms. The Kier molecular flexibility index (Phi) is 15.7. The van der Waals surface area contributed by atoms with Crippen LogP contribution in [0.3, 0.4) is 0 Å². The number of fused-ring (bicyclic) bond motifs is 5. The van der Waals surface area contributed by atoms with Crippen LogP contribution in [0, 0.1) is 12.7 Å². The first kappa shape index (κ1) is 54.6. The molecule has 410 valence electrons. The lowest BCUT2D eigenvalue weighted by atomic mass is 9.81. The third-order valence-electron chi connectivity index (χ3n) is 15.3. The van der Waals surface area contributed by atoms with E-state index in [1.165, 1.54) is 22.8 Å². The van der Waals surface area contributed by atoms with Gasteiger partial charge in [-0.2, -0.15) is 0 Å². The number of likely N-dealkylation sites (N-methyl/N-ethyl adjacent to an activating group) is 1. The van der Waals surface area contributed by atoms with Crippen LogP contribution in [-0.2, 0) is 84.2 Å². The fraction of sp³-hybridized carbons (Fsp3) is 0.436. The maximum Gasteiger partial charge on any atom is 0.343 e. The molecule has 0 radical (unpaired) electrons. The molecule has 1 fully saturated rings. The number of aromatic nitrogens is 2. The summed E-state index contributed by atoms with van der Waals surface area (Å²) in [5.74, 6) is -5.54. The van der Waals surface area contributed by atoms with Crippen molar-refractivity contribution in [2.24, 2.45) is 0 Å². The van der Waals surface area contributed by atoms with E-state index in [4.69, 9.17) is 14.5 Å². The van der Waals surface area contributed by atoms with Gasteiger partial charge in [0.2, 0.25) is 29.5 Å². The Labute approximate surface area is 446 Å². The first-order valence-electron chi connectivity index (χ1n) is 26.0. The average Bonchev–Trinajstić information content (AvgIpc) is 4.23. The second kappa shape index (κ2) is 22.4. The number of pyridine rings is 2. The summed E-state index contributed by atoms with van der Waals surface area (Å²) in [6.45, 7) is 1.47. The summed E-state index contributed by atoms with van der Waals surface area (Å²) in [5, 5.41) is 24.7. The van der Waals surface area contributed by atoms with Crippen molar-refractivity contribution in [1.29, 1.82) is 0 Å². The maximum absolute atomic E-state index is 15.6. The fourth-order valence-electron chi connectivity index (χ4n) is 10.7. The quantitative estimate of drug-likeness (QED) is 0.0246. The summed E-state index contributed by atoms with van der Waals surface area (Å²) in [6.07, 6.45) is 5.58.